The van der Waals surface area contributed by atoms with Crippen LogP contribution < -0.4 is 15.5 Å². The van der Waals surface area contributed by atoms with Crippen LogP contribution in [0.25, 0.3) is 0 Å². The second-order valence-electron chi connectivity index (χ2n) is 15.4. The first kappa shape index (κ1) is 46.3. The maximum Gasteiger partial charge on any atom is 0.264 e. The molecular formula is C42H50N4O16. The Morgan fingerprint density at radius 1 is 0.758 bits per heavy atom. The molecule has 0 radical (unpaired) electrons. The molecule has 4 amide bonds. The van der Waals surface area contributed by atoms with Crippen molar-refractivity contribution in [2.45, 2.75) is 93.4 Å². The van der Waals surface area contributed by atoms with E-state index in [9.17, 15) is 70.2 Å². The summed E-state index contributed by atoms with van der Waals surface area (Å²) in [6, 6.07) is 19.4. The van der Waals surface area contributed by atoms with Crippen molar-refractivity contribution in [3.8, 4) is 0 Å². The van der Waals surface area contributed by atoms with Crippen LogP contribution in [0.3, 0.4) is 0 Å². The molecule has 12 atom stereocenters. The van der Waals surface area contributed by atoms with Crippen molar-refractivity contribution in [2.75, 3.05) is 28.7 Å². The van der Waals surface area contributed by atoms with Crippen molar-refractivity contribution in [3.63, 3.8) is 0 Å². The number of carbonyl (C=O) groups is 4. The second kappa shape index (κ2) is 19.5. The van der Waals surface area contributed by atoms with E-state index in [4.69, 9.17) is 9.47 Å². The lowest BCUT2D eigenvalue weighted by Crippen LogP contribution is -2.60. The van der Waals surface area contributed by atoms with Crippen molar-refractivity contribution >= 4 is 40.7 Å². The zero-order valence-corrected chi connectivity index (χ0v) is 33.3. The van der Waals surface area contributed by atoms with Gasteiger partial charge in [0, 0.05) is 42.4 Å². The Hall–Kier alpha value is -5.20. The average molecular weight is 867 g/mol. The number of benzene rings is 3. The number of hydrogen-bond donors (Lipinski definition) is 12. The van der Waals surface area contributed by atoms with Crippen molar-refractivity contribution in [3.05, 3.63) is 102 Å². The third kappa shape index (κ3) is 9.56. The molecule has 20 heteroatoms. The first-order chi connectivity index (χ1) is 29.5. The van der Waals surface area contributed by atoms with Crippen LogP contribution in [-0.2, 0) is 47.3 Å². The molecule has 0 bridgehead atoms. The van der Waals surface area contributed by atoms with Gasteiger partial charge in [-0.3, -0.25) is 19.2 Å². The summed E-state index contributed by atoms with van der Waals surface area (Å²) in [6.07, 6.45) is -16.1. The molecule has 62 heavy (non-hydrogen) atoms. The Bertz CT molecular complexity index is 2130. The standard InChI is InChI=1S/C42H50N4O16/c1-21(7-5-12-28(48)45(15-16-47)19-22-8-3-2-4-9-22)42(60)26-18-25(44-38(56)36-32(52)30(50)34(54)40(58)62-36)13-14-27(26)46(41(42)59)20-23-10-6-11-24(17-23)43-37(55)35-31(51)29(49)33(53)39(57)61-35/h2-11,13-14,17-18,21,29-36,39-40,47,49-54,57-58,60H,12,15-16,19-20H2,1H3,(H,43,55)(H,44,56)/b7-5+/t21-,29-,30-,31-,32-,33+,34+,35-,36-,39+,40+,42+/m0/s1. The molecule has 3 aromatic rings. The third-order valence-electron chi connectivity index (χ3n) is 11.1. The van der Waals surface area contributed by atoms with E-state index < -0.39 is 90.7 Å². The number of nitrogens with zero attached hydrogens (tertiary/aromatic N) is 2. The Morgan fingerprint density at radius 2 is 1.32 bits per heavy atom. The van der Waals surface area contributed by atoms with Crippen LogP contribution in [0.5, 0.6) is 0 Å². The summed E-state index contributed by atoms with van der Waals surface area (Å²) in [7, 11) is 0. The molecule has 0 spiro atoms. The van der Waals surface area contributed by atoms with Crippen molar-refractivity contribution in [1.29, 1.82) is 0 Å². The van der Waals surface area contributed by atoms with Gasteiger partial charge >= 0.3 is 0 Å². The quantitative estimate of drug-likeness (QED) is 0.0746. The predicted molar refractivity (Wildman–Crippen MR) is 215 cm³/mol. The summed E-state index contributed by atoms with van der Waals surface area (Å²) < 4.78 is 10.1. The van der Waals surface area contributed by atoms with Crippen LogP contribution in [0.2, 0.25) is 0 Å². The van der Waals surface area contributed by atoms with Gasteiger partial charge in [0.25, 0.3) is 17.7 Å². The van der Waals surface area contributed by atoms with Crippen LogP contribution in [0.15, 0.2) is 84.9 Å². The maximum absolute atomic E-state index is 14.5. The summed E-state index contributed by atoms with van der Waals surface area (Å²) in [5, 5.41) is 107. The summed E-state index contributed by atoms with van der Waals surface area (Å²) in [6.45, 7) is 1.37. The molecule has 3 aromatic carbocycles. The van der Waals surface area contributed by atoms with Gasteiger partial charge in [-0.1, -0.05) is 61.5 Å². The van der Waals surface area contributed by atoms with E-state index in [0.717, 1.165) is 5.56 Å². The average Bonchev–Trinajstić information content (AvgIpc) is 3.46. The van der Waals surface area contributed by atoms with E-state index in [1.807, 2.05) is 30.3 Å². The van der Waals surface area contributed by atoms with E-state index in [2.05, 4.69) is 10.6 Å². The fourth-order valence-corrected chi connectivity index (χ4v) is 7.55. The van der Waals surface area contributed by atoms with Gasteiger partial charge in [0.1, 0.15) is 36.6 Å². The van der Waals surface area contributed by atoms with Gasteiger partial charge in [-0.05, 0) is 41.5 Å². The van der Waals surface area contributed by atoms with E-state index in [-0.39, 0.29) is 61.2 Å². The summed E-state index contributed by atoms with van der Waals surface area (Å²) in [4.78, 5) is 56.8. The largest absolute Gasteiger partial charge is 0.395 e. The normalized spacial score (nSPS) is 30.2. The lowest BCUT2D eigenvalue weighted by Gasteiger charge is -2.37. The minimum Gasteiger partial charge on any atom is -0.395 e. The molecule has 0 aliphatic carbocycles. The molecule has 334 valence electrons. The van der Waals surface area contributed by atoms with Gasteiger partial charge in [0.2, 0.25) is 5.91 Å². The van der Waals surface area contributed by atoms with Gasteiger partial charge in [0.05, 0.1) is 18.8 Å². The Morgan fingerprint density at radius 3 is 1.90 bits per heavy atom. The van der Waals surface area contributed by atoms with E-state index in [0.29, 0.717) is 5.56 Å². The molecule has 2 saturated heterocycles. The Balaban J connectivity index is 1.25. The molecule has 3 aliphatic heterocycles. The predicted octanol–water partition coefficient (Wildman–Crippen LogP) is -2.50. The van der Waals surface area contributed by atoms with Crippen LogP contribution >= 0.6 is 0 Å². The number of carbonyl (C=O) groups excluding carboxylic acids is 4. The van der Waals surface area contributed by atoms with Crippen LogP contribution in [-0.4, -0.2) is 154 Å². The number of rotatable bonds is 14. The molecule has 0 aromatic heterocycles. The number of anilines is 3. The summed E-state index contributed by atoms with van der Waals surface area (Å²) >= 11 is 0. The minimum atomic E-state index is -2.33. The smallest absolute Gasteiger partial charge is 0.264 e. The summed E-state index contributed by atoms with van der Waals surface area (Å²) in [5.74, 6) is -4.17. The number of aliphatic hydroxyl groups is 10. The zero-order valence-electron chi connectivity index (χ0n) is 33.3. The van der Waals surface area contributed by atoms with Gasteiger partial charge < -0.3 is 81.0 Å². The van der Waals surface area contributed by atoms with Crippen molar-refractivity contribution in [2.24, 2.45) is 5.92 Å². The molecule has 3 heterocycles. The third-order valence-corrected chi connectivity index (χ3v) is 11.1. The van der Waals surface area contributed by atoms with Gasteiger partial charge in [0.15, 0.2) is 30.4 Å². The molecular weight excluding hydrogens is 816 g/mol. The first-order valence-electron chi connectivity index (χ1n) is 19.7. The monoisotopic (exact) mass is 866 g/mol. The highest BCUT2D eigenvalue weighted by Crippen LogP contribution is 2.47. The number of fused-ring (bicyclic) bond motifs is 1. The second-order valence-corrected chi connectivity index (χ2v) is 15.4. The zero-order chi connectivity index (χ0) is 45.0. The van der Waals surface area contributed by atoms with Crippen LogP contribution in [0.4, 0.5) is 17.1 Å². The molecule has 0 saturated carbocycles. The molecule has 12 N–H and O–H groups in total. The fourth-order valence-electron chi connectivity index (χ4n) is 7.55. The topological polar surface area (TPSA) is 320 Å². The number of aliphatic hydroxyl groups excluding tert-OH is 9. The summed E-state index contributed by atoms with van der Waals surface area (Å²) in [5.41, 5.74) is -0.700. The first-order valence-corrected chi connectivity index (χ1v) is 19.7. The fraction of sp³-hybridized carbons (Fsp3) is 0.429. The van der Waals surface area contributed by atoms with Gasteiger partial charge in [-0.25, -0.2) is 0 Å². The van der Waals surface area contributed by atoms with Crippen LogP contribution in [0.1, 0.15) is 30.0 Å². The van der Waals surface area contributed by atoms with E-state index in [1.54, 1.807) is 6.07 Å². The lowest BCUT2D eigenvalue weighted by atomic mass is 9.82. The highest BCUT2D eigenvalue weighted by atomic mass is 16.6. The number of ether oxygens (including phenoxy) is 2. The Labute approximate surface area is 354 Å². The highest BCUT2D eigenvalue weighted by molar-refractivity contribution is 6.08. The van der Waals surface area contributed by atoms with Gasteiger partial charge in [-0.2, -0.15) is 0 Å². The van der Waals surface area contributed by atoms with Crippen molar-refractivity contribution < 1.29 is 79.7 Å². The molecule has 2 fully saturated rings. The minimum absolute atomic E-state index is 0.000717. The highest BCUT2D eigenvalue weighted by Gasteiger charge is 2.53. The molecule has 20 nitrogen and oxygen atoms in total. The molecule has 3 aliphatic rings. The van der Waals surface area contributed by atoms with Crippen molar-refractivity contribution in [1.82, 2.24) is 4.90 Å². The molecule has 0 unspecified atom stereocenters. The number of nitrogens with one attached hydrogen (secondary N) is 2. The molecule has 6 rings (SSSR count). The maximum atomic E-state index is 14.5. The van der Waals surface area contributed by atoms with Gasteiger partial charge in [-0.15, -0.1) is 0 Å². The Kier molecular flexibility index (Phi) is 14.5. The van der Waals surface area contributed by atoms with E-state index in [1.165, 1.54) is 65.3 Å². The van der Waals surface area contributed by atoms with Crippen LogP contribution in [0, 0.1) is 5.92 Å². The van der Waals surface area contributed by atoms with E-state index >= 15 is 0 Å². The number of hydrogen-bond acceptors (Lipinski definition) is 16. The lowest BCUT2D eigenvalue weighted by molar-refractivity contribution is -0.274. The number of amides is 4. The SMILES string of the molecule is C[C@@H](/C=C/CC(=O)N(CCO)Cc1ccccc1)[C@]1(O)C(=O)N(Cc2cccc(NC(=O)[C@H]3O[C@@H](O)[C@H](O)[C@@H](O)[C@@H]3O)c2)c2ccc(NC(=O)[C@H]3O[C@@H](O)[C@H](O)[C@@H](O)[C@@H]3O)cc21.